The average molecular weight is 365 g/mol. The molecule has 0 spiro atoms. The van der Waals surface area contributed by atoms with E-state index in [4.69, 9.17) is 10.8 Å². The van der Waals surface area contributed by atoms with Crippen LogP contribution >= 0.6 is 0 Å². The largest absolute Gasteiger partial charge is 0.344 e. The second-order valence-electron chi connectivity index (χ2n) is 6.71. The number of hydrogen-bond donors (Lipinski definition) is 3. The molecule has 26 heavy (non-hydrogen) atoms. The molecule has 0 aliphatic heterocycles. The van der Waals surface area contributed by atoms with Crippen molar-refractivity contribution in [3.63, 3.8) is 0 Å². The quantitative estimate of drug-likeness (QED) is 0.216. The van der Waals surface area contributed by atoms with E-state index in [2.05, 4.69) is 26.0 Å². The molecule has 3 amide bonds. The lowest BCUT2D eigenvalue weighted by Gasteiger charge is -2.24. The van der Waals surface area contributed by atoms with E-state index < -0.39 is 36.3 Å². The first-order chi connectivity index (χ1) is 12.2. The first-order valence-electron chi connectivity index (χ1n) is 8.46. The van der Waals surface area contributed by atoms with Gasteiger partial charge in [0.1, 0.15) is 25.2 Å². The third-order valence-electron chi connectivity index (χ3n) is 3.32. The summed E-state index contributed by atoms with van der Waals surface area (Å²) in [6, 6.07) is 0.155. The van der Waals surface area contributed by atoms with Crippen LogP contribution < -0.4 is 16.0 Å². The molecule has 0 radical (unpaired) electrons. The molecule has 0 aliphatic rings. The summed E-state index contributed by atoms with van der Waals surface area (Å²) in [5, 5.41) is 19.4. The summed E-state index contributed by atoms with van der Waals surface area (Å²) in [5.41, 5.74) is 8.27. The van der Waals surface area contributed by atoms with E-state index in [1.807, 2.05) is 33.8 Å². The van der Waals surface area contributed by atoms with Gasteiger partial charge in [-0.15, -0.1) is 0 Å². The first-order valence-corrected chi connectivity index (χ1v) is 8.46. The van der Waals surface area contributed by atoms with Crippen LogP contribution in [-0.2, 0) is 14.4 Å². The van der Waals surface area contributed by atoms with Gasteiger partial charge in [-0.1, -0.05) is 32.8 Å². The molecule has 10 heteroatoms. The number of amides is 3. The van der Waals surface area contributed by atoms with Gasteiger partial charge < -0.3 is 16.0 Å². The van der Waals surface area contributed by atoms with Crippen molar-refractivity contribution in [1.82, 2.24) is 16.0 Å². The van der Waals surface area contributed by atoms with Gasteiger partial charge in [-0.05, 0) is 30.2 Å². The number of carbonyl (C=O) groups is 3. The van der Waals surface area contributed by atoms with Gasteiger partial charge in [0.2, 0.25) is 17.7 Å². The maximum Gasteiger partial charge on any atom is 0.243 e. The SMILES string of the molecule is CC(C)C[C@H](NC(=O)CN=[N+]=[N-])C(=O)N[C@@H](CC(C)C)C(=O)NCC#N. The number of carbonyl (C=O) groups excluding carboxylic acids is 3. The Morgan fingerprint density at radius 2 is 1.58 bits per heavy atom. The van der Waals surface area contributed by atoms with Crippen LogP contribution in [0.25, 0.3) is 10.4 Å². The molecule has 144 valence electrons. The minimum atomic E-state index is -0.852. The van der Waals surface area contributed by atoms with E-state index in [-0.39, 0.29) is 18.4 Å². The highest BCUT2D eigenvalue weighted by molar-refractivity contribution is 5.92. The Morgan fingerprint density at radius 1 is 1.04 bits per heavy atom. The molecule has 0 rings (SSSR count). The lowest BCUT2D eigenvalue weighted by molar-refractivity contribution is -0.132. The van der Waals surface area contributed by atoms with E-state index in [0.717, 1.165) is 0 Å². The minimum Gasteiger partial charge on any atom is -0.344 e. The fraction of sp³-hybridized carbons (Fsp3) is 0.750. The number of azide groups is 1. The summed E-state index contributed by atoms with van der Waals surface area (Å²) in [7, 11) is 0. The molecule has 3 N–H and O–H groups in total. The van der Waals surface area contributed by atoms with Crippen molar-refractivity contribution >= 4 is 17.7 Å². The monoisotopic (exact) mass is 365 g/mol. The Balaban J connectivity index is 5.12. The molecule has 0 aliphatic carbocycles. The molecule has 2 atom stereocenters. The minimum absolute atomic E-state index is 0.112. The van der Waals surface area contributed by atoms with E-state index in [1.165, 1.54) is 0 Å². The molecule has 0 heterocycles. The Bertz CT molecular complexity index is 577. The Hall–Kier alpha value is -2.79. The maximum absolute atomic E-state index is 12.6. The Morgan fingerprint density at radius 3 is 2.04 bits per heavy atom. The van der Waals surface area contributed by atoms with Gasteiger partial charge in [0.05, 0.1) is 6.07 Å². The highest BCUT2D eigenvalue weighted by Gasteiger charge is 2.27. The van der Waals surface area contributed by atoms with Gasteiger partial charge in [-0.3, -0.25) is 14.4 Å². The molecule has 0 aromatic rings. The third-order valence-corrected chi connectivity index (χ3v) is 3.32. The summed E-state index contributed by atoms with van der Waals surface area (Å²) in [5.74, 6) is -1.27. The van der Waals surface area contributed by atoms with Crippen LogP contribution in [0, 0.1) is 23.2 Å². The van der Waals surface area contributed by atoms with Crippen LogP contribution in [-0.4, -0.2) is 42.9 Å². The number of rotatable bonds is 11. The smallest absolute Gasteiger partial charge is 0.243 e. The summed E-state index contributed by atoms with van der Waals surface area (Å²) in [6.45, 7) is 7.04. The first kappa shape index (κ1) is 23.2. The summed E-state index contributed by atoms with van der Waals surface area (Å²) in [6.07, 6.45) is 0.756. The van der Waals surface area contributed by atoms with Crippen molar-refractivity contribution < 1.29 is 14.4 Å². The zero-order valence-electron chi connectivity index (χ0n) is 15.7. The zero-order chi connectivity index (χ0) is 20.1. The van der Waals surface area contributed by atoms with Crippen molar-refractivity contribution in [1.29, 1.82) is 5.26 Å². The predicted octanol–water partition coefficient (Wildman–Crippen LogP) is 0.998. The number of nitrogens with one attached hydrogen (secondary N) is 3. The highest BCUT2D eigenvalue weighted by Crippen LogP contribution is 2.09. The van der Waals surface area contributed by atoms with E-state index in [9.17, 15) is 14.4 Å². The lowest BCUT2D eigenvalue weighted by atomic mass is 10.00. The lowest BCUT2D eigenvalue weighted by Crippen LogP contribution is -2.54. The van der Waals surface area contributed by atoms with Gasteiger partial charge >= 0.3 is 0 Å². The normalized spacial score (nSPS) is 12.5. The molecule has 0 unspecified atom stereocenters. The van der Waals surface area contributed by atoms with Crippen molar-refractivity contribution in [3.8, 4) is 6.07 Å². The molecule has 10 nitrogen and oxygen atoms in total. The van der Waals surface area contributed by atoms with Crippen molar-refractivity contribution in [2.24, 2.45) is 17.0 Å². The topological polar surface area (TPSA) is 160 Å². The second kappa shape index (κ2) is 12.6. The number of nitrogens with zero attached hydrogens (tertiary/aromatic N) is 4. The third kappa shape index (κ3) is 10.2. The standard InChI is InChI=1S/C16H27N7O3/c1-10(2)7-12(15(25)19-6-5-17)22-16(26)13(8-11(3)4)21-14(24)9-20-23-18/h10-13H,6-9H2,1-4H3,(H,19,25)(H,21,24)(H,22,26)/t12-,13-/m0/s1. The fourth-order valence-corrected chi connectivity index (χ4v) is 2.26. The van der Waals surface area contributed by atoms with E-state index in [0.29, 0.717) is 12.8 Å². The van der Waals surface area contributed by atoms with Gasteiger partial charge in [-0.25, -0.2) is 0 Å². The predicted molar refractivity (Wildman–Crippen MR) is 95.4 cm³/mol. The number of hydrogen-bond acceptors (Lipinski definition) is 5. The molecule has 0 fully saturated rings. The second-order valence-corrected chi connectivity index (χ2v) is 6.71. The summed E-state index contributed by atoms with van der Waals surface area (Å²) in [4.78, 5) is 39.0. The van der Waals surface area contributed by atoms with Gasteiger partial charge in [0.15, 0.2) is 0 Å². The van der Waals surface area contributed by atoms with Crippen LogP contribution in [0.3, 0.4) is 0 Å². The Kier molecular flexibility index (Phi) is 11.2. The van der Waals surface area contributed by atoms with Crippen molar-refractivity contribution in [3.05, 3.63) is 10.4 Å². The maximum atomic E-state index is 12.6. The molecule has 0 aromatic carbocycles. The van der Waals surface area contributed by atoms with Crippen molar-refractivity contribution in [2.45, 2.75) is 52.6 Å². The molecule has 0 saturated carbocycles. The molecule has 0 aromatic heterocycles. The molecular formula is C16H27N7O3. The zero-order valence-corrected chi connectivity index (χ0v) is 15.7. The fourth-order valence-electron chi connectivity index (χ4n) is 2.26. The molecule has 0 bridgehead atoms. The van der Waals surface area contributed by atoms with Crippen LogP contribution in [0.5, 0.6) is 0 Å². The summed E-state index contributed by atoms with van der Waals surface area (Å²) >= 11 is 0. The van der Waals surface area contributed by atoms with Gasteiger partial charge in [0.25, 0.3) is 0 Å². The molecular weight excluding hydrogens is 338 g/mol. The van der Waals surface area contributed by atoms with Gasteiger partial charge in [-0.2, -0.15) is 5.26 Å². The van der Waals surface area contributed by atoms with Crippen LogP contribution in [0.4, 0.5) is 0 Å². The van der Waals surface area contributed by atoms with E-state index >= 15 is 0 Å². The Labute approximate surface area is 153 Å². The van der Waals surface area contributed by atoms with Crippen LogP contribution in [0.2, 0.25) is 0 Å². The molecule has 0 saturated heterocycles. The van der Waals surface area contributed by atoms with Crippen molar-refractivity contribution in [2.75, 3.05) is 13.1 Å². The highest BCUT2D eigenvalue weighted by atomic mass is 16.2. The average Bonchev–Trinajstić information content (AvgIpc) is 2.55. The van der Waals surface area contributed by atoms with E-state index in [1.54, 1.807) is 0 Å². The van der Waals surface area contributed by atoms with Crippen LogP contribution in [0.15, 0.2) is 5.11 Å². The van der Waals surface area contributed by atoms with Gasteiger partial charge in [0, 0.05) is 4.91 Å². The summed E-state index contributed by atoms with van der Waals surface area (Å²) < 4.78 is 0. The number of nitriles is 1. The van der Waals surface area contributed by atoms with Crippen LogP contribution in [0.1, 0.15) is 40.5 Å².